The second-order valence-corrected chi connectivity index (χ2v) is 5.31. The highest BCUT2D eigenvalue weighted by atomic mass is 35.5. The van der Waals surface area contributed by atoms with Crippen LogP contribution in [0.15, 0.2) is 18.2 Å². The van der Waals surface area contributed by atoms with Crippen LogP contribution in [-0.2, 0) is 12.8 Å². The first-order valence-corrected chi connectivity index (χ1v) is 7.26. The molecule has 0 N–H and O–H groups in total. The van der Waals surface area contributed by atoms with E-state index in [4.69, 9.17) is 0 Å². The Morgan fingerprint density at radius 1 is 1.21 bits per heavy atom. The Morgan fingerprint density at radius 3 is 2.53 bits per heavy atom. The highest BCUT2D eigenvalue weighted by Crippen LogP contribution is 2.26. The summed E-state index contributed by atoms with van der Waals surface area (Å²) in [7, 11) is 0. The smallest absolute Gasteiger partial charge is 0.126 e. The number of hydrogen-bond acceptors (Lipinski definition) is 1. The molecular weight excluding hydrogens is 261 g/mol. The average Bonchev–Trinajstić information content (AvgIpc) is 2.38. The molecule has 0 fully saturated rings. The van der Waals surface area contributed by atoms with Crippen molar-refractivity contribution in [3.8, 4) is 0 Å². The first-order chi connectivity index (χ1) is 8.76. The molecule has 0 radical (unpaired) electrons. The van der Waals surface area contributed by atoms with Gasteiger partial charge in [0.05, 0.1) is 0 Å². The van der Waals surface area contributed by atoms with Crippen LogP contribution in [0.2, 0.25) is 0 Å². The molecule has 1 aliphatic rings. The van der Waals surface area contributed by atoms with Crippen molar-refractivity contribution in [1.29, 1.82) is 0 Å². The van der Waals surface area contributed by atoms with E-state index in [1.807, 2.05) is 6.07 Å². The summed E-state index contributed by atoms with van der Waals surface area (Å²) in [6.07, 6.45) is 5.43. The van der Waals surface area contributed by atoms with Gasteiger partial charge in [0.25, 0.3) is 0 Å². The predicted octanol–water partition coefficient (Wildman–Crippen LogP) is 0.809. The van der Waals surface area contributed by atoms with Gasteiger partial charge in [0, 0.05) is 6.04 Å². The monoisotopic (exact) mass is 284 g/mol. The third-order valence-corrected chi connectivity index (χ3v) is 3.94. The molecule has 1 atom stereocenters. The van der Waals surface area contributed by atoms with Crippen LogP contribution in [0.4, 0.5) is 4.39 Å². The fourth-order valence-electron chi connectivity index (χ4n) is 3.10. The summed E-state index contributed by atoms with van der Waals surface area (Å²) in [6.45, 7) is 6.81. The third kappa shape index (κ3) is 3.93. The van der Waals surface area contributed by atoms with E-state index in [0.29, 0.717) is 6.04 Å². The molecule has 0 heterocycles. The average molecular weight is 285 g/mol. The van der Waals surface area contributed by atoms with Gasteiger partial charge in [-0.1, -0.05) is 26.0 Å². The third-order valence-electron chi connectivity index (χ3n) is 3.94. The van der Waals surface area contributed by atoms with Crippen LogP contribution in [0.25, 0.3) is 0 Å². The zero-order valence-electron chi connectivity index (χ0n) is 12.0. The molecule has 1 aromatic carbocycles. The van der Waals surface area contributed by atoms with E-state index in [1.165, 1.54) is 31.5 Å². The van der Waals surface area contributed by atoms with Gasteiger partial charge in [0.1, 0.15) is 5.82 Å². The summed E-state index contributed by atoms with van der Waals surface area (Å²) in [5, 5.41) is 0. The fourth-order valence-corrected chi connectivity index (χ4v) is 3.10. The van der Waals surface area contributed by atoms with Crippen LogP contribution in [0.3, 0.4) is 0 Å². The van der Waals surface area contributed by atoms with Crippen molar-refractivity contribution in [2.45, 2.75) is 52.0 Å². The normalized spacial score (nSPS) is 18.0. The lowest BCUT2D eigenvalue weighted by molar-refractivity contribution is -0.00000452. The summed E-state index contributed by atoms with van der Waals surface area (Å²) < 4.78 is 13.7. The van der Waals surface area contributed by atoms with Gasteiger partial charge in [-0.05, 0) is 62.4 Å². The molecule has 1 nitrogen and oxygen atoms in total. The van der Waals surface area contributed by atoms with E-state index < -0.39 is 0 Å². The molecule has 0 aliphatic heterocycles. The highest BCUT2D eigenvalue weighted by Gasteiger charge is 2.24. The van der Waals surface area contributed by atoms with Crippen LogP contribution < -0.4 is 12.4 Å². The summed E-state index contributed by atoms with van der Waals surface area (Å²) in [6, 6.07) is 6.15. The Morgan fingerprint density at radius 2 is 1.89 bits per heavy atom. The minimum absolute atomic E-state index is 0. The van der Waals surface area contributed by atoms with Gasteiger partial charge in [-0.2, -0.15) is 0 Å². The summed E-state index contributed by atoms with van der Waals surface area (Å²) in [4.78, 5) is 2.59. The van der Waals surface area contributed by atoms with Crippen LogP contribution in [0.1, 0.15) is 44.2 Å². The number of hydrogen-bond donors (Lipinski definition) is 0. The second-order valence-electron chi connectivity index (χ2n) is 5.31. The van der Waals surface area contributed by atoms with Gasteiger partial charge in [0.2, 0.25) is 0 Å². The molecule has 0 unspecified atom stereocenters. The molecule has 0 bridgehead atoms. The van der Waals surface area contributed by atoms with E-state index in [2.05, 4.69) is 24.8 Å². The first-order valence-electron chi connectivity index (χ1n) is 7.26. The van der Waals surface area contributed by atoms with Gasteiger partial charge in [0.15, 0.2) is 0 Å². The lowest BCUT2D eigenvalue weighted by Crippen LogP contribution is -3.00. The molecule has 0 saturated carbocycles. The molecule has 108 valence electrons. The van der Waals surface area contributed by atoms with Crippen LogP contribution in [-0.4, -0.2) is 24.0 Å². The van der Waals surface area contributed by atoms with Gasteiger partial charge in [-0.15, -0.1) is 0 Å². The minimum atomic E-state index is -0.0107. The Kier molecular flexibility index (Phi) is 6.81. The second kappa shape index (κ2) is 7.86. The van der Waals surface area contributed by atoms with Crippen molar-refractivity contribution < 1.29 is 16.8 Å². The molecule has 0 amide bonds. The number of rotatable bonds is 5. The quantitative estimate of drug-likeness (QED) is 0.774. The van der Waals surface area contributed by atoms with E-state index in [0.717, 1.165) is 24.8 Å². The van der Waals surface area contributed by atoms with E-state index in [9.17, 15) is 4.39 Å². The minimum Gasteiger partial charge on any atom is -1.00 e. The predicted molar refractivity (Wildman–Crippen MR) is 74.4 cm³/mol. The lowest BCUT2D eigenvalue weighted by atomic mass is 9.87. The SMILES string of the molecule is CCCN(CCC)[C@H]1CCc2c(F)cccc2C1.[Cl-]. The molecule has 2 rings (SSSR count). The Hall–Kier alpha value is -0.600. The number of benzene rings is 1. The molecule has 0 saturated heterocycles. The zero-order chi connectivity index (χ0) is 13.0. The van der Waals surface area contributed by atoms with E-state index >= 15 is 0 Å². The Bertz CT molecular complexity index is 388. The van der Waals surface area contributed by atoms with Crippen LogP contribution >= 0.6 is 0 Å². The maximum Gasteiger partial charge on any atom is 0.126 e. The van der Waals surface area contributed by atoms with Crippen LogP contribution in [0.5, 0.6) is 0 Å². The number of nitrogens with zero attached hydrogens (tertiary/aromatic N) is 1. The standard InChI is InChI=1S/C16H24FN.ClH/c1-3-10-18(11-4-2)14-8-9-15-13(12-14)6-5-7-16(15)17;/h5-7,14H,3-4,8-12H2,1-2H3;1H/p-1/t14-;/m0./s1. The van der Waals surface area contributed by atoms with Crippen LogP contribution in [0, 0.1) is 5.82 Å². The van der Waals surface area contributed by atoms with Gasteiger partial charge in [-0.3, -0.25) is 0 Å². The zero-order valence-corrected chi connectivity index (χ0v) is 12.7. The molecule has 1 aliphatic carbocycles. The molecule has 19 heavy (non-hydrogen) atoms. The van der Waals surface area contributed by atoms with Gasteiger partial charge < -0.3 is 17.3 Å². The van der Waals surface area contributed by atoms with Gasteiger partial charge >= 0.3 is 0 Å². The largest absolute Gasteiger partial charge is 1.00 e. The molecule has 3 heteroatoms. The summed E-state index contributed by atoms with van der Waals surface area (Å²) in [5.41, 5.74) is 2.19. The number of fused-ring (bicyclic) bond motifs is 1. The van der Waals surface area contributed by atoms with Crippen molar-refractivity contribution in [3.05, 3.63) is 35.1 Å². The maximum absolute atomic E-state index is 13.7. The van der Waals surface area contributed by atoms with Crippen molar-refractivity contribution in [3.63, 3.8) is 0 Å². The summed E-state index contributed by atoms with van der Waals surface area (Å²) in [5.74, 6) is -0.0107. The van der Waals surface area contributed by atoms with Crippen molar-refractivity contribution in [2.75, 3.05) is 13.1 Å². The number of halogens is 2. The maximum atomic E-state index is 13.7. The van der Waals surface area contributed by atoms with Crippen molar-refractivity contribution in [1.82, 2.24) is 4.90 Å². The first kappa shape index (κ1) is 16.5. The Labute approximate surface area is 122 Å². The summed E-state index contributed by atoms with van der Waals surface area (Å²) >= 11 is 0. The fraction of sp³-hybridized carbons (Fsp3) is 0.625. The van der Waals surface area contributed by atoms with E-state index in [-0.39, 0.29) is 18.2 Å². The molecule has 0 aromatic heterocycles. The lowest BCUT2D eigenvalue weighted by Gasteiger charge is -2.35. The van der Waals surface area contributed by atoms with Gasteiger partial charge in [-0.25, -0.2) is 4.39 Å². The van der Waals surface area contributed by atoms with E-state index in [1.54, 1.807) is 6.07 Å². The molecular formula is C16H24ClFN-. The van der Waals surface area contributed by atoms with Crippen molar-refractivity contribution >= 4 is 0 Å². The Balaban J connectivity index is 0.00000180. The topological polar surface area (TPSA) is 3.24 Å². The molecule has 0 spiro atoms. The van der Waals surface area contributed by atoms with Crippen molar-refractivity contribution in [2.24, 2.45) is 0 Å². The molecule has 1 aromatic rings. The highest BCUT2D eigenvalue weighted by molar-refractivity contribution is 5.31.